The zero-order valence-electron chi connectivity index (χ0n) is 20.2. The number of carbonyl (C=O) groups excluding carboxylic acids is 1. The Balaban J connectivity index is 1.55. The normalized spacial score (nSPS) is 20.3. The molecule has 7 nitrogen and oxygen atoms in total. The lowest BCUT2D eigenvalue weighted by Crippen LogP contribution is -2.44. The lowest BCUT2D eigenvalue weighted by Gasteiger charge is -2.33. The van der Waals surface area contributed by atoms with Gasteiger partial charge < -0.3 is 15.0 Å². The first-order valence-electron chi connectivity index (χ1n) is 11.4. The number of hydrogen-bond acceptors (Lipinski definition) is 6. The monoisotopic (exact) mass is 535 g/mol. The molecule has 2 heterocycles. The molecule has 10 heteroatoms. The van der Waals surface area contributed by atoms with Crippen molar-refractivity contribution in [3.05, 3.63) is 63.0 Å². The number of benzene rings is 2. The molecular formula is C25H30ClN3O4S2. The molecule has 2 aliphatic rings. The lowest BCUT2D eigenvalue weighted by atomic mass is 10.00. The number of sulfonamides is 1. The van der Waals surface area contributed by atoms with E-state index in [0.717, 1.165) is 41.2 Å². The summed E-state index contributed by atoms with van der Waals surface area (Å²) in [4.78, 5) is 15.8. The summed E-state index contributed by atoms with van der Waals surface area (Å²) in [5.74, 6) is -0.247. The second-order valence-electron chi connectivity index (χ2n) is 8.89. The van der Waals surface area contributed by atoms with Gasteiger partial charge in [-0.05, 0) is 73.6 Å². The van der Waals surface area contributed by atoms with E-state index in [2.05, 4.69) is 27.9 Å². The largest absolute Gasteiger partial charge is 0.378 e. The molecule has 35 heavy (non-hydrogen) atoms. The number of halogens is 1. The van der Waals surface area contributed by atoms with Crippen molar-refractivity contribution in [1.82, 2.24) is 4.72 Å². The van der Waals surface area contributed by atoms with Crippen molar-refractivity contribution in [2.45, 2.75) is 43.9 Å². The van der Waals surface area contributed by atoms with Crippen molar-refractivity contribution < 1.29 is 17.9 Å². The van der Waals surface area contributed by atoms with E-state index in [1.807, 2.05) is 13.8 Å². The lowest BCUT2D eigenvalue weighted by molar-refractivity contribution is -0.115. The van der Waals surface area contributed by atoms with E-state index in [-0.39, 0.29) is 10.8 Å². The number of morpholine rings is 1. The van der Waals surface area contributed by atoms with E-state index in [9.17, 15) is 13.2 Å². The molecule has 2 unspecified atom stereocenters. The summed E-state index contributed by atoms with van der Waals surface area (Å²) in [6.07, 6.45) is 1.71. The first kappa shape index (κ1) is 26.0. The number of ether oxygens (including phenoxy) is 1. The number of nitrogens with one attached hydrogen (secondary N) is 2. The van der Waals surface area contributed by atoms with Crippen LogP contribution in [0.2, 0.25) is 5.02 Å². The van der Waals surface area contributed by atoms with Gasteiger partial charge in [-0.3, -0.25) is 4.79 Å². The molecule has 0 bridgehead atoms. The third-order valence-electron chi connectivity index (χ3n) is 6.32. The fourth-order valence-electron chi connectivity index (χ4n) is 4.72. The molecule has 1 amide bonds. The molecule has 188 valence electrons. The van der Waals surface area contributed by atoms with Gasteiger partial charge >= 0.3 is 0 Å². The fourth-order valence-corrected chi connectivity index (χ4v) is 7.40. The molecule has 4 rings (SSSR count). The molecule has 0 aromatic heterocycles. The highest BCUT2D eigenvalue weighted by Crippen LogP contribution is 2.35. The van der Waals surface area contributed by atoms with Crippen LogP contribution >= 0.6 is 23.4 Å². The number of aryl methyl sites for hydroxylation is 3. The van der Waals surface area contributed by atoms with Crippen LogP contribution in [0, 0.1) is 27.7 Å². The standard InChI is InChI=1S/C25H30ClN3O4S2/c1-15-14-19(26)5-6-21(15)35(31,32)28-20-7-12-34-24(20)25(30)27-22-16(2)13-17(3)23(18(22)4)29-8-10-33-11-9-29/h5-7,12-14,20,24,28H,8-11H2,1-4H3,(H,27,30). The smallest absolute Gasteiger partial charge is 0.241 e. The van der Waals surface area contributed by atoms with Crippen LogP contribution in [0.3, 0.4) is 0 Å². The summed E-state index contributed by atoms with van der Waals surface area (Å²) < 4.78 is 34.3. The van der Waals surface area contributed by atoms with Gasteiger partial charge in [0.1, 0.15) is 5.25 Å². The van der Waals surface area contributed by atoms with E-state index in [1.54, 1.807) is 30.5 Å². The van der Waals surface area contributed by atoms with Gasteiger partial charge in [0, 0.05) is 29.5 Å². The molecule has 0 aliphatic carbocycles. The Hall–Kier alpha value is -2.04. The summed E-state index contributed by atoms with van der Waals surface area (Å²) in [5, 5.41) is 4.69. The number of hydrogen-bond donors (Lipinski definition) is 2. The zero-order valence-corrected chi connectivity index (χ0v) is 22.6. The Morgan fingerprint density at radius 1 is 1.09 bits per heavy atom. The van der Waals surface area contributed by atoms with Crippen LogP contribution < -0.4 is 14.9 Å². The van der Waals surface area contributed by atoms with Crippen LogP contribution in [0.1, 0.15) is 22.3 Å². The summed E-state index contributed by atoms with van der Waals surface area (Å²) in [5.41, 5.74) is 5.55. The molecule has 2 aromatic rings. The molecule has 0 radical (unpaired) electrons. The first-order valence-corrected chi connectivity index (χ1v) is 14.2. The average molecular weight is 536 g/mol. The third-order valence-corrected chi connectivity index (χ3v) is 9.29. The SMILES string of the molecule is Cc1cc(Cl)ccc1S(=O)(=O)NC1C=CSC1C(=O)Nc1c(C)cc(C)c(N2CCOCC2)c1C. The predicted molar refractivity (Wildman–Crippen MR) is 143 cm³/mol. The Labute approximate surface area is 216 Å². The first-order chi connectivity index (χ1) is 16.6. The summed E-state index contributed by atoms with van der Waals surface area (Å²) in [6.45, 7) is 10.7. The van der Waals surface area contributed by atoms with Crippen molar-refractivity contribution in [1.29, 1.82) is 0 Å². The number of nitrogens with zero attached hydrogens (tertiary/aromatic N) is 1. The van der Waals surface area contributed by atoms with E-state index < -0.39 is 21.3 Å². The molecule has 2 atom stereocenters. The maximum Gasteiger partial charge on any atom is 0.241 e. The van der Waals surface area contributed by atoms with Gasteiger partial charge in [0.15, 0.2) is 0 Å². The third kappa shape index (κ3) is 5.54. The Morgan fingerprint density at radius 3 is 2.49 bits per heavy atom. The zero-order chi connectivity index (χ0) is 25.3. The van der Waals surface area contributed by atoms with Crippen molar-refractivity contribution in [2.75, 3.05) is 36.5 Å². The van der Waals surface area contributed by atoms with E-state index in [1.165, 1.54) is 17.8 Å². The molecule has 0 spiro atoms. The van der Waals surface area contributed by atoms with Crippen LogP contribution in [-0.2, 0) is 19.6 Å². The van der Waals surface area contributed by atoms with Crippen molar-refractivity contribution in [2.24, 2.45) is 0 Å². The molecule has 0 saturated carbocycles. The van der Waals surface area contributed by atoms with Crippen LogP contribution in [0.4, 0.5) is 11.4 Å². The number of amides is 1. The molecule has 2 aliphatic heterocycles. The second-order valence-corrected chi connectivity index (χ2v) is 12.1. The number of rotatable bonds is 6. The van der Waals surface area contributed by atoms with Crippen LogP contribution in [0.5, 0.6) is 0 Å². The minimum Gasteiger partial charge on any atom is -0.378 e. The van der Waals surface area contributed by atoms with E-state index in [4.69, 9.17) is 16.3 Å². The van der Waals surface area contributed by atoms with E-state index >= 15 is 0 Å². The van der Waals surface area contributed by atoms with Gasteiger partial charge in [-0.1, -0.05) is 23.7 Å². The van der Waals surface area contributed by atoms with E-state index in [0.29, 0.717) is 23.8 Å². The minimum absolute atomic E-state index is 0.145. The molecule has 1 fully saturated rings. The van der Waals surface area contributed by atoms with Gasteiger partial charge in [-0.2, -0.15) is 0 Å². The Bertz CT molecular complexity index is 1270. The summed E-state index contributed by atoms with van der Waals surface area (Å²) >= 11 is 7.28. The highest BCUT2D eigenvalue weighted by Gasteiger charge is 2.35. The molecule has 2 aromatic carbocycles. The minimum atomic E-state index is -3.85. The van der Waals surface area contributed by atoms with Crippen molar-refractivity contribution in [3.8, 4) is 0 Å². The number of thioether (sulfide) groups is 1. The molecular weight excluding hydrogens is 506 g/mol. The Morgan fingerprint density at radius 2 is 1.80 bits per heavy atom. The van der Waals surface area contributed by atoms with Gasteiger partial charge in [0.2, 0.25) is 15.9 Å². The maximum absolute atomic E-state index is 13.4. The topological polar surface area (TPSA) is 87.7 Å². The predicted octanol–water partition coefficient (Wildman–Crippen LogP) is 4.32. The average Bonchev–Trinajstić information content (AvgIpc) is 3.24. The summed E-state index contributed by atoms with van der Waals surface area (Å²) in [7, 11) is -3.85. The molecule has 1 saturated heterocycles. The maximum atomic E-state index is 13.4. The number of carbonyl (C=O) groups is 1. The van der Waals surface area contributed by atoms with Gasteiger partial charge in [0.25, 0.3) is 0 Å². The fraction of sp³-hybridized carbons (Fsp3) is 0.400. The van der Waals surface area contributed by atoms with Crippen molar-refractivity contribution >= 4 is 50.7 Å². The Kier molecular flexibility index (Phi) is 7.83. The van der Waals surface area contributed by atoms with Gasteiger partial charge in [-0.25, -0.2) is 13.1 Å². The second kappa shape index (κ2) is 10.5. The van der Waals surface area contributed by atoms with Crippen LogP contribution in [0.25, 0.3) is 0 Å². The molecule has 2 N–H and O–H groups in total. The van der Waals surface area contributed by atoms with Gasteiger partial charge in [-0.15, -0.1) is 11.8 Å². The quantitative estimate of drug-likeness (QED) is 0.572. The van der Waals surface area contributed by atoms with Crippen molar-refractivity contribution in [3.63, 3.8) is 0 Å². The van der Waals surface area contributed by atoms with Gasteiger partial charge in [0.05, 0.1) is 24.2 Å². The van der Waals surface area contributed by atoms with Crippen LogP contribution in [0.15, 0.2) is 40.6 Å². The van der Waals surface area contributed by atoms with Crippen LogP contribution in [-0.4, -0.2) is 51.9 Å². The highest BCUT2D eigenvalue weighted by molar-refractivity contribution is 8.03. The highest BCUT2D eigenvalue weighted by atomic mass is 35.5. The number of anilines is 2. The summed E-state index contributed by atoms with van der Waals surface area (Å²) in [6, 6.07) is 6.03.